The van der Waals surface area contributed by atoms with Gasteiger partial charge in [-0.1, -0.05) is 48.5 Å². The summed E-state index contributed by atoms with van der Waals surface area (Å²) in [6.45, 7) is 4.30. The van der Waals surface area contributed by atoms with Crippen molar-refractivity contribution in [2.75, 3.05) is 19.0 Å². The molecule has 0 bridgehead atoms. The van der Waals surface area contributed by atoms with E-state index in [1.807, 2.05) is 62.4 Å². The molecule has 3 rings (SSSR count). The molecule has 0 fully saturated rings. The summed E-state index contributed by atoms with van der Waals surface area (Å²) >= 11 is 1.74. The Balaban J connectivity index is 1.76. The number of rotatable bonds is 10. The molecule has 0 saturated carbocycles. The molecular weight excluding hydrogens is 408 g/mol. The second-order valence-corrected chi connectivity index (χ2v) is 7.92. The number of carboxylic acids is 1. The van der Waals surface area contributed by atoms with Gasteiger partial charge in [0.05, 0.1) is 6.61 Å². The van der Waals surface area contributed by atoms with Crippen molar-refractivity contribution in [1.82, 2.24) is 0 Å². The van der Waals surface area contributed by atoms with Crippen LogP contribution >= 0.6 is 11.8 Å². The summed E-state index contributed by atoms with van der Waals surface area (Å²) in [5.41, 5.74) is 4.55. The Hall–Kier alpha value is -3.18. The van der Waals surface area contributed by atoms with E-state index >= 15 is 0 Å². The van der Waals surface area contributed by atoms with Crippen LogP contribution in [0.15, 0.2) is 83.8 Å². The Morgan fingerprint density at radius 1 is 0.935 bits per heavy atom. The van der Waals surface area contributed by atoms with Crippen LogP contribution in [0.4, 0.5) is 0 Å². The van der Waals surface area contributed by atoms with Gasteiger partial charge in [0.25, 0.3) is 0 Å². The van der Waals surface area contributed by atoms with Gasteiger partial charge in [-0.3, -0.25) is 0 Å². The van der Waals surface area contributed by atoms with Crippen LogP contribution in [-0.2, 0) is 4.79 Å². The summed E-state index contributed by atoms with van der Waals surface area (Å²) in [4.78, 5) is 11.8. The van der Waals surface area contributed by atoms with Crippen LogP contribution in [0.5, 0.6) is 11.5 Å². The van der Waals surface area contributed by atoms with Crippen LogP contribution in [0.2, 0.25) is 0 Å². The van der Waals surface area contributed by atoms with Crippen LogP contribution in [0.3, 0.4) is 0 Å². The van der Waals surface area contributed by atoms with E-state index < -0.39 is 5.97 Å². The lowest BCUT2D eigenvalue weighted by Crippen LogP contribution is -2.09. The third-order valence-corrected chi connectivity index (χ3v) is 5.70. The molecule has 0 aromatic heterocycles. The van der Waals surface area contributed by atoms with Gasteiger partial charge >= 0.3 is 5.97 Å². The number of carbonyl (C=O) groups is 1. The number of aliphatic carboxylic acids is 1. The lowest BCUT2D eigenvalue weighted by Gasteiger charge is -2.11. The van der Waals surface area contributed by atoms with Crippen LogP contribution in [-0.4, -0.2) is 30.0 Å². The van der Waals surface area contributed by atoms with Gasteiger partial charge in [-0.2, -0.15) is 0 Å². The molecule has 0 amide bonds. The average Bonchev–Trinajstić information content (AvgIpc) is 2.78. The molecule has 3 aromatic carbocycles. The van der Waals surface area contributed by atoms with Gasteiger partial charge in [0, 0.05) is 10.6 Å². The van der Waals surface area contributed by atoms with E-state index in [4.69, 9.17) is 14.6 Å². The highest BCUT2D eigenvalue weighted by molar-refractivity contribution is 7.99. The first-order valence-corrected chi connectivity index (χ1v) is 11.1. The molecule has 3 aromatic rings. The molecule has 0 atom stereocenters. The average molecular weight is 435 g/mol. The van der Waals surface area contributed by atoms with Gasteiger partial charge < -0.3 is 14.6 Å². The third-order valence-electron chi connectivity index (χ3n) is 4.60. The van der Waals surface area contributed by atoms with Gasteiger partial charge in [0.2, 0.25) is 0 Å². The fourth-order valence-corrected chi connectivity index (χ4v) is 4.03. The molecule has 31 heavy (non-hydrogen) atoms. The van der Waals surface area contributed by atoms with Gasteiger partial charge in [-0.15, -0.1) is 11.8 Å². The molecule has 0 aliphatic carbocycles. The first-order valence-electron chi connectivity index (χ1n) is 10.1. The zero-order valence-corrected chi connectivity index (χ0v) is 18.5. The Labute approximate surface area is 187 Å². The first kappa shape index (κ1) is 22.5. The van der Waals surface area contributed by atoms with Crippen molar-refractivity contribution >= 4 is 23.3 Å². The summed E-state index contributed by atoms with van der Waals surface area (Å²) < 4.78 is 10.8. The molecule has 0 radical (unpaired) electrons. The lowest BCUT2D eigenvalue weighted by molar-refractivity contribution is -0.139. The number of thioether (sulfide) groups is 1. The zero-order valence-electron chi connectivity index (χ0n) is 17.7. The van der Waals surface area contributed by atoms with E-state index in [-0.39, 0.29) is 6.61 Å². The molecule has 4 nitrogen and oxygen atoms in total. The molecule has 0 heterocycles. The molecule has 1 N–H and O–H groups in total. The SMILES string of the molecule is CCOc1ccc(C(=CCSc2ccc(OCC(=O)O)cc2C)c2ccccc2)cc1. The summed E-state index contributed by atoms with van der Waals surface area (Å²) in [6.07, 6.45) is 2.24. The van der Waals surface area contributed by atoms with Crippen molar-refractivity contribution in [3.05, 3.63) is 95.6 Å². The Morgan fingerprint density at radius 3 is 2.26 bits per heavy atom. The number of benzene rings is 3. The second-order valence-electron chi connectivity index (χ2n) is 6.86. The Kier molecular flexibility index (Phi) is 8.19. The molecular formula is C26H26O4S. The smallest absolute Gasteiger partial charge is 0.341 e. The molecule has 5 heteroatoms. The zero-order chi connectivity index (χ0) is 22.1. The second kappa shape index (κ2) is 11.3. The first-order chi connectivity index (χ1) is 15.1. The van der Waals surface area contributed by atoms with Gasteiger partial charge in [0.1, 0.15) is 11.5 Å². The van der Waals surface area contributed by atoms with Crippen molar-refractivity contribution in [1.29, 1.82) is 0 Å². The van der Waals surface area contributed by atoms with Gasteiger partial charge in [-0.05, 0) is 66.4 Å². The summed E-state index contributed by atoms with van der Waals surface area (Å²) in [5.74, 6) is 1.25. The molecule has 0 aliphatic heterocycles. The van der Waals surface area contributed by atoms with Gasteiger partial charge in [0.15, 0.2) is 6.61 Å². The molecule has 0 unspecified atom stereocenters. The van der Waals surface area contributed by atoms with Crippen LogP contribution in [0.1, 0.15) is 23.6 Å². The highest BCUT2D eigenvalue weighted by Gasteiger charge is 2.07. The number of carboxylic acid groups (broad SMARTS) is 1. The minimum absolute atomic E-state index is 0.336. The summed E-state index contributed by atoms with van der Waals surface area (Å²) in [7, 11) is 0. The quantitative estimate of drug-likeness (QED) is 0.392. The largest absolute Gasteiger partial charge is 0.494 e. The maximum absolute atomic E-state index is 10.7. The highest BCUT2D eigenvalue weighted by atomic mass is 32.2. The molecule has 0 aliphatic rings. The van der Waals surface area contributed by atoms with E-state index in [2.05, 4.69) is 30.3 Å². The maximum Gasteiger partial charge on any atom is 0.341 e. The number of hydrogen-bond donors (Lipinski definition) is 1. The van der Waals surface area contributed by atoms with E-state index in [1.165, 1.54) is 11.1 Å². The molecule has 160 valence electrons. The number of ether oxygens (including phenoxy) is 2. The van der Waals surface area contributed by atoms with Crippen LogP contribution in [0, 0.1) is 6.92 Å². The standard InChI is InChI=1S/C26H26O4S/c1-3-29-22-11-9-21(10-12-22)24(20-7-5-4-6-8-20)15-16-31-25-14-13-23(17-19(25)2)30-18-26(27)28/h4-15,17H,3,16,18H2,1-2H3,(H,27,28). The van der Waals surface area contributed by atoms with Crippen molar-refractivity contribution in [2.45, 2.75) is 18.7 Å². The molecule has 0 saturated heterocycles. The van der Waals surface area contributed by atoms with Crippen LogP contribution in [0.25, 0.3) is 5.57 Å². The normalized spacial score (nSPS) is 11.2. The fourth-order valence-electron chi connectivity index (χ4n) is 3.15. The van der Waals surface area contributed by atoms with E-state index in [1.54, 1.807) is 11.8 Å². The Bertz CT molecular complexity index is 1030. The highest BCUT2D eigenvalue weighted by Crippen LogP contribution is 2.30. The summed E-state index contributed by atoms with van der Waals surface area (Å²) in [6, 6.07) is 24.2. The predicted octanol–water partition coefficient (Wildman–Crippen LogP) is 6.08. The minimum Gasteiger partial charge on any atom is -0.494 e. The minimum atomic E-state index is -0.982. The van der Waals surface area contributed by atoms with E-state index in [0.29, 0.717) is 12.4 Å². The fraction of sp³-hybridized carbons (Fsp3) is 0.192. The maximum atomic E-state index is 10.7. The number of hydrogen-bond acceptors (Lipinski definition) is 4. The van der Waals surface area contributed by atoms with E-state index in [9.17, 15) is 4.79 Å². The van der Waals surface area contributed by atoms with Crippen LogP contribution < -0.4 is 9.47 Å². The molecule has 0 spiro atoms. The third kappa shape index (κ3) is 6.66. The monoisotopic (exact) mass is 434 g/mol. The van der Waals surface area contributed by atoms with Crippen molar-refractivity contribution in [3.63, 3.8) is 0 Å². The summed E-state index contributed by atoms with van der Waals surface area (Å²) in [5, 5.41) is 8.75. The predicted molar refractivity (Wildman–Crippen MR) is 126 cm³/mol. The Morgan fingerprint density at radius 2 is 1.61 bits per heavy atom. The lowest BCUT2D eigenvalue weighted by atomic mass is 9.98. The van der Waals surface area contributed by atoms with Crippen molar-refractivity contribution in [2.24, 2.45) is 0 Å². The van der Waals surface area contributed by atoms with Crippen molar-refractivity contribution in [3.8, 4) is 11.5 Å². The number of aryl methyl sites for hydroxylation is 1. The van der Waals surface area contributed by atoms with Crippen molar-refractivity contribution < 1.29 is 19.4 Å². The van der Waals surface area contributed by atoms with Gasteiger partial charge in [-0.25, -0.2) is 4.79 Å². The topological polar surface area (TPSA) is 55.8 Å². The van der Waals surface area contributed by atoms with E-state index in [0.717, 1.165) is 27.5 Å².